The number of anilines is 1. The van der Waals surface area contributed by atoms with Gasteiger partial charge in [0.2, 0.25) is 0 Å². The van der Waals surface area contributed by atoms with Crippen molar-refractivity contribution in [2.24, 2.45) is 0 Å². The number of benzene rings is 1. The summed E-state index contributed by atoms with van der Waals surface area (Å²) in [5.41, 5.74) is 6.78. The van der Waals surface area contributed by atoms with Gasteiger partial charge in [-0.05, 0) is 37.8 Å². The fraction of sp³-hybridized carbons (Fsp3) is 0.500. The summed E-state index contributed by atoms with van der Waals surface area (Å²) >= 11 is 0. The summed E-state index contributed by atoms with van der Waals surface area (Å²) in [5, 5.41) is 8.80. The van der Waals surface area contributed by atoms with Crippen LogP contribution in [-0.2, 0) is 0 Å². The average Bonchev–Trinajstić information content (AvgIpc) is 2.58. The average molecular weight is 230 g/mol. The quantitative estimate of drug-likeness (QED) is 0.626. The molecule has 3 nitrogen and oxygen atoms in total. The Balaban J connectivity index is 2.03. The number of nitrogens with two attached hydrogens (primary N) is 1. The van der Waals surface area contributed by atoms with E-state index in [1.165, 1.54) is 25.7 Å². The van der Waals surface area contributed by atoms with E-state index in [1.807, 2.05) is 6.07 Å². The maximum atomic E-state index is 8.80. The third-order valence-corrected chi connectivity index (χ3v) is 3.25. The highest BCUT2D eigenvalue weighted by molar-refractivity contribution is 5.57. The molecule has 0 radical (unpaired) electrons. The van der Waals surface area contributed by atoms with E-state index in [4.69, 9.17) is 15.7 Å². The molecule has 1 aliphatic carbocycles. The maximum Gasteiger partial charge on any atom is 0.121 e. The monoisotopic (exact) mass is 230 g/mol. The van der Waals surface area contributed by atoms with Crippen LogP contribution in [0.4, 0.5) is 5.69 Å². The van der Waals surface area contributed by atoms with Gasteiger partial charge >= 0.3 is 0 Å². The summed E-state index contributed by atoms with van der Waals surface area (Å²) in [5.74, 6) is 0.786. The lowest BCUT2D eigenvalue weighted by Gasteiger charge is -2.17. The lowest BCUT2D eigenvalue weighted by Crippen LogP contribution is -2.15. The molecular weight excluding hydrogens is 212 g/mol. The lowest BCUT2D eigenvalue weighted by atomic mass is 10.1. The molecule has 0 heterocycles. The number of hydrogen-bond acceptors (Lipinski definition) is 3. The third-order valence-electron chi connectivity index (χ3n) is 3.25. The van der Waals surface area contributed by atoms with E-state index in [0.29, 0.717) is 17.4 Å². The molecular formula is C14H18N2O. The van der Waals surface area contributed by atoms with Crippen molar-refractivity contribution in [1.82, 2.24) is 0 Å². The molecule has 1 fully saturated rings. The molecule has 1 aromatic rings. The standard InChI is InChI=1S/C14H18N2O/c15-10-11-7-8-13(9-14(11)16)17-12-5-3-1-2-4-6-12/h7-9,12H,1-6,16H2. The Labute approximate surface area is 102 Å². The summed E-state index contributed by atoms with van der Waals surface area (Å²) in [6.07, 6.45) is 7.68. The van der Waals surface area contributed by atoms with Gasteiger partial charge in [0.05, 0.1) is 17.4 Å². The summed E-state index contributed by atoms with van der Waals surface area (Å²) in [6, 6.07) is 7.37. The van der Waals surface area contributed by atoms with E-state index in [2.05, 4.69) is 6.07 Å². The third kappa shape index (κ3) is 3.13. The topological polar surface area (TPSA) is 59.0 Å². The van der Waals surface area contributed by atoms with Gasteiger partial charge < -0.3 is 10.5 Å². The van der Waals surface area contributed by atoms with Gasteiger partial charge in [0.25, 0.3) is 0 Å². The molecule has 90 valence electrons. The predicted molar refractivity (Wildman–Crippen MR) is 67.7 cm³/mol. The molecule has 0 bridgehead atoms. The van der Waals surface area contributed by atoms with Gasteiger partial charge in [0.1, 0.15) is 11.8 Å². The number of rotatable bonds is 2. The molecule has 0 atom stereocenters. The van der Waals surface area contributed by atoms with E-state index in [1.54, 1.807) is 12.1 Å². The van der Waals surface area contributed by atoms with Gasteiger partial charge in [0, 0.05) is 6.07 Å². The van der Waals surface area contributed by atoms with Gasteiger partial charge in [-0.3, -0.25) is 0 Å². The first-order chi connectivity index (χ1) is 8.29. The lowest BCUT2D eigenvalue weighted by molar-refractivity contribution is 0.184. The van der Waals surface area contributed by atoms with E-state index < -0.39 is 0 Å². The van der Waals surface area contributed by atoms with Gasteiger partial charge in [-0.25, -0.2) is 0 Å². The zero-order valence-electron chi connectivity index (χ0n) is 9.98. The Bertz CT molecular complexity index is 415. The van der Waals surface area contributed by atoms with Crippen LogP contribution in [0.5, 0.6) is 5.75 Å². The van der Waals surface area contributed by atoms with Crippen LogP contribution < -0.4 is 10.5 Å². The molecule has 0 saturated heterocycles. The van der Waals surface area contributed by atoms with Crippen molar-refractivity contribution < 1.29 is 4.74 Å². The fourth-order valence-corrected chi connectivity index (χ4v) is 2.27. The molecule has 0 unspecified atom stereocenters. The van der Waals surface area contributed by atoms with Crippen molar-refractivity contribution in [3.8, 4) is 11.8 Å². The summed E-state index contributed by atoms with van der Waals surface area (Å²) < 4.78 is 5.93. The van der Waals surface area contributed by atoms with Crippen LogP contribution in [0.2, 0.25) is 0 Å². The minimum atomic E-state index is 0.310. The molecule has 0 amide bonds. The van der Waals surface area contributed by atoms with Crippen LogP contribution in [0.25, 0.3) is 0 Å². The van der Waals surface area contributed by atoms with Crippen LogP contribution in [0.1, 0.15) is 44.1 Å². The molecule has 17 heavy (non-hydrogen) atoms. The molecule has 2 rings (SSSR count). The number of nitrogen functional groups attached to an aromatic ring is 1. The van der Waals surface area contributed by atoms with Crippen molar-refractivity contribution in [3.63, 3.8) is 0 Å². The van der Waals surface area contributed by atoms with Crippen LogP contribution in [-0.4, -0.2) is 6.10 Å². The Morgan fingerprint density at radius 3 is 2.47 bits per heavy atom. The second-order valence-electron chi connectivity index (χ2n) is 4.59. The molecule has 1 saturated carbocycles. The highest BCUT2D eigenvalue weighted by Gasteiger charge is 2.14. The highest BCUT2D eigenvalue weighted by Crippen LogP contribution is 2.25. The zero-order valence-corrected chi connectivity index (χ0v) is 9.98. The van der Waals surface area contributed by atoms with Crippen LogP contribution in [0.3, 0.4) is 0 Å². The van der Waals surface area contributed by atoms with Gasteiger partial charge in [-0.2, -0.15) is 5.26 Å². The van der Waals surface area contributed by atoms with Crippen LogP contribution in [0.15, 0.2) is 18.2 Å². The van der Waals surface area contributed by atoms with E-state index in [0.717, 1.165) is 18.6 Å². The Morgan fingerprint density at radius 1 is 1.18 bits per heavy atom. The molecule has 0 aliphatic heterocycles. The van der Waals surface area contributed by atoms with Crippen molar-refractivity contribution in [3.05, 3.63) is 23.8 Å². The predicted octanol–water partition coefficient (Wildman–Crippen LogP) is 3.24. The van der Waals surface area contributed by atoms with Crippen LogP contribution >= 0.6 is 0 Å². The maximum absolute atomic E-state index is 8.80. The van der Waals surface area contributed by atoms with Crippen molar-refractivity contribution in [2.75, 3.05) is 5.73 Å². The highest BCUT2D eigenvalue weighted by atomic mass is 16.5. The summed E-state index contributed by atoms with van der Waals surface area (Å²) in [6.45, 7) is 0. The molecule has 2 N–H and O–H groups in total. The Morgan fingerprint density at radius 2 is 1.88 bits per heavy atom. The largest absolute Gasteiger partial charge is 0.490 e. The number of nitrogens with zero attached hydrogens (tertiary/aromatic N) is 1. The van der Waals surface area contributed by atoms with Gasteiger partial charge in [-0.15, -0.1) is 0 Å². The van der Waals surface area contributed by atoms with Gasteiger partial charge in [-0.1, -0.05) is 12.8 Å². The summed E-state index contributed by atoms with van der Waals surface area (Å²) in [7, 11) is 0. The molecule has 1 aromatic carbocycles. The first-order valence-corrected chi connectivity index (χ1v) is 6.26. The first-order valence-electron chi connectivity index (χ1n) is 6.26. The van der Waals surface area contributed by atoms with Crippen molar-refractivity contribution >= 4 is 5.69 Å². The van der Waals surface area contributed by atoms with Crippen LogP contribution in [0, 0.1) is 11.3 Å². The normalized spacial score (nSPS) is 17.1. The summed E-state index contributed by atoms with van der Waals surface area (Å²) in [4.78, 5) is 0. The van der Waals surface area contributed by atoms with Gasteiger partial charge in [0.15, 0.2) is 0 Å². The van der Waals surface area contributed by atoms with E-state index in [-0.39, 0.29) is 0 Å². The molecule has 0 aromatic heterocycles. The molecule has 1 aliphatic rings. The second kappa shape index (κ2) is 5.58. The van der Waals surface area contributed by atoms with Crippen molar-refractivity contribution in [1.29, 1.82) is 5.26 Å². The fourth-order valence-electron chi connectivity index (χ4n) is 2.27. The number of hydrogen-bond donors (Lipinski definition) is 1. The SMILES string of the molecule is N#Cc1ccc(OC2CCCCCC2)cc1N. The second-order valence-corrected chi connectivity index (χ2v) is 4.59. The minimum Gasteiger partial charge on any atom is -0.490 e. The van der Waals surface area contributed by atoms with E-state index >= 15 is 0 Å². The minimum absolute atomic E-state index is 0.310. The Hall–Kier alpha value is -1.69. The zero-order chi connectivity index (χ0) is 12.1. The van der Waals surface area contributed by atoms with E-state index in [9.17, 15) is 0 Å². The smallest absolute Gasteiger partial charge is 0.121 e. The Kier molecular flexibility index (Phi) is 3.87. The van der Waals surface area contributed by atoms with Crippen molar-refractivity contribution in [2.45, 2.75) is 44.6 Å². The number of ether oxygens (including phenoxy) is 1. The number of nitriles is 1. The molecule has 0 spiro atoms. The first kappa shape index (κ1) is 11.8. The molecule has 3 heteroatoms.